The minimum atomic E-state index is -3.02. The van der Waals surface area contributed by atoms with E-state index in [9.17, 15) is 13.2 Å². The van der Waals surface area contributed by atoms with Gasteiger partial charge in [-0.2, -0.15) is 0 Å². The zero-order chi connectivity index (χ0) is 17.9. The maximum atomic E-state index is 12.4. The number of carbonyl (C=O) groups is 1. The molecule has 0 radical (unpaired) electrons. The molecule has 1 N–H and O–H groups in total. The number of hydrogen-bond donors (Lipinski definition) is 1. The number of rotatable bonds is 6. The Balaban J connectivity index is 1.68. The Morgan fingerprint density at radius 2 is 2.04 bits per heavy atom. The minimum absolute atomic E-state index is 0.0878. The molecule has 1 aliphatic rings. The molecule has 6 nitrogen and oxygen atoms in total. The van der Waals surface area contributed by atoms with E-state index in [0.717, 1.165) is 9.26 Å². The summed E-state index contributed by atoms with van der Waals surface area (Å²) in [5.41, 5.74) is 0.724. The average molecular weight is 474 g/mol. The van der Waals surface area contributed by atoms with Crippen LogP contribution in [0.1, 0.15) is 12.2 Å². The molecular formula is C17H19IN2O4S. The molecule has 1 aromatic heterocycles. The summed E-state index contributed by atoms with van der Waals surface area (Å²) >= 11 is 2.20. The van der Waals surface area contributed by atoms with E-state index in [1.54, 1.807) is 12.3 Å². The second-order valence-corrected chi connectivity index (χ2v) is 9.57. The molecule has 1 amide bonds. The molecule has 0 aliphatic carbocycles. The highest BCUT2D eigenvalue weighted by Crippen LogP contribution is 2.20. The molecular weight excluding hydrogens is 455 g/mol. The van der Waals surface area contributed by atoms with E-state index >= 15 is 0 Å². The molecule has 2 heterocycles. The Morgan fingerprint density at radius 1 is 1.28 bits per heavy atom. The second kappa shape index (κ2) is 7.88. The highest BCUT2D eigenvalue weighted by molar-refractivity contribution is 14.1. The van der Waals surface area contributed by atoms with Gasteiger partial charge in [-0.15, -0.1) is 0 Å². The summed E-state index contributed by atoms with van der Waals surface area (Å²) in [7, 11) is -3.02. The van der Waals surface area contributed by atoms with Gasteiger partial charge >= 0.3 is 0 Å². The number of carbonyl (C=O) groups excluding carboxylic acids is 1. The lowest BCUT2D eigenvalue weighted by Crippen LogP contribution is -2.41. The van der Waals surface area contributed by atoms with Crippen molar-refractivity contribution in [2.45, 2.75) is 19.0 Å². The van der Waals surface area contributed by atoms with Crippen LogP contribution in [0.15, 0.2) is 47.1 Å². The predicted molar refractivity (Wildman–Crippen MR) is 104 cm³/mol. The van der Waals surface area contributed by atoms with Crippen LogP contribution < -0.4 is 5.32 Å². The molecule has 1 atom stereocenters. The van der Waals surface area contributed by atoms with Crippen LogP contribution in [0.2, 0.25) is 0 Å². The van der Waals surface area contributed by atoms with Crippen LogP contribution in [0.3, 0.4) is 0 Å². The molecule has 134 valence electrons. The van der Waals surface area contributed by atoms with E-state index in [0.29, 0.717) is 18.7 Å². The molecule has 1 aliphatic heterocycles. The van der Waals surface area contributed by atoms with E-state index in [2.05, 4.69) is 27.9 Å². The molecule has 2 aromatic rings. The zero-order valence-electron chi connectivity index (χ0n) is 13.5. The molecule has 1 saturated heterocycles. The van der Waals surface area contributed by atoms with Gasteiger partial charge in [0, 0.05) is 15.3 Å². The van der Waals surface area contributed by atoms with Gasteiger partial charge < -0.3 is 9.73 Å². The van der Waals surface area contributed by atoms with Crippen LogP contribution >= 0.6 is 22.6 Å². The normalized spacial score (nSPS) is 19.2. The fourth-order valence-corrected chi connectivity index (χ4v) is 5.02. The SMILES string of the molecule is O=C(CN(Cc1ccco1)C1CCS(=O)(=O)C1)Nc1ccc(I)cc1. The molecule has 1 fully saturated rings. The van der Waals surface area contributed by atoms with Crippen LogP contribution in [0, 0.1) is 3.57 Å². The van der Waals surface area contributed by atoms with Crippen molar-refractivity contribution < 1.29 is 17.6 Å². The number of hydrogen-bond acceptors (Lipinski definition) is 5. The first-order valence-corrected chi connectivity index (χ1v) is 10.8. The summed E-state index contributed by atoms with van der Waals surface area (Å²) in [6.07, 6.45) is 2.12. The fourth-order valence-electron chi connectivity index (χ4n) is 2.90. The minimum Gasteiger partial charge on any atom is -0.468 e. The Hall–Kier alpha value is -1.39. The first-order valence-electron chi connectivity index (χ1n) is 7.93. The summed E-state index contributed by atoms with van der Waals surface area (Å²) in [6.45, 7) is 0.528. The van der Waals surface area contributed by atoms with Crippen molar-refractivity contribution in [1.82, 2.24) is 4.90 Å². The number of amides is 1. The van der Waals surface area contributed by atoms with Gasteiger partial charge in [-0.1, -0.05) is 0 Å². The highest BCUT2D eigenvalue weighted by Gasteiger charge is 2.33. The van der Waals surface area contributed by atoms with Gasteiger partial charge in [0.2, 0.25) is 5.91 Å². The maximum Gasteiger partial charge on any atom is 0.238 e. The first kappa shape index (κ1) is 18.4. The smallest absolute Gasteiger partial charge is 0.238 e. The number of anilines is 1. The number of halogens is 1. The molecule has 0 bridgehead atoms. The third kappa shape index (κ3) is 5.29. The Morgan fingerprint density at radius 3 is 2.64 bits per heavy atom. The van der Waals surface area contributed by atoms with Gasteiger partial charge in [-0.3, -0.25) is 9.69 Å². The molecule has 25 heavy (non-hydrogen) atoms. The quantitative estimate of drug-likeness (QED) is 0.652. The third-order valence-electron chi connectivity index (χ3n) is 4.14. The van der Waals surface area contributed by atoms with Crippen LogP contribution in [0.4, 0.5) is 5.69 Å². The number of nitrogens with one attached hydrogen (secondary N) is 1. The van der Waals surface area contributed by atoms with E-state index in [1.165, 1.54) is 0 Å². The fraction of sp³-hybridized carbons (Fsp3) is 0.353. The van der Waals surface area contributed by atoms with Crippen molar-refractivity contribution in [3.05, 3.63) is 52.0 Å². The van der Waals surface area contributed by atoms with Gasteiger partial charge in [0.1, 0.15) is 5.76 Å². The van der Waals surface area contributed by atoms with Crippen molar-refractivity contribution in [1.29, 1.82) is 0 Å². The van der Waals surface area contributed by atoms with Gasteiger partial charge in [0.05, 0.1) is 30.9 Å². The van der Waals surface area contributed by atoms with Crippen molar-refractivity contribution >= 4 is 44.0 Å². The zero-order valence-corrected chi connectivity index (χ0v) is 16.5. The summed E-state index contributed by atoms with van der Waals surface area (Å²) in [6, 6.07) is 11.0. The molecule has 3 rings (SSSR count). The Bertz CT molecular complexity index is 819. The van der Waals surface area contributed by atoms with Crippen LogP contribution in [-0.2, 0) is 21.2 Å². The lowest BCUT2D eigenvalue weighted by Gasteiger charge is -2.26. The molecule has 0 spiro atoms. The second-order valence-electron chi connectivity index (χ2n) is 6.10. The lowest BCUT2D eigenvalue weighted by molar-refractivity contribution is -0.118. The topological polar surface area (TPSA) is 79.6 Å². The number of furan rings is 1. The number of nitrogens with zero attached hydrogens (tertiary/aromatic N) is 1. The summed E-state index contributed by atoms with van der Waals surface area (Å²) in [5.74, 6) is 0.804. The summed E-state index contributed by atoms with van der Waals surface area (Å²) in [5, 5.41) is 2.86. The monoisotopic (exact) mass is 474 g/mol. The summed E-state index contributed by atoms with van der Waals surface area (Å²) in [4.78, 5) is 14.3. The van der Waals surface area contributed by atoms with Crippen LogP contribution in [-0.4, -0.2) is 43.3 Å². The summed E-state index contributed by atoms with van der Waals surface area (Å²) < 4.78 is 30.1. The molecule has 1 aromatic carbocycles. The van der Waals surface area contributed by atoms with Crippen LogP contribution in [0.5, 0.6) is 0 Å². The largest absolute Gasteiger partial charge is 0.468 e. The van der Waals surface area contributed by atoms with E-state index in [1.807, 2.05) is 35.2 Å². The van der Waals surface area contributed by atoms with Crippen molar-refractivity contribution in [2.24, 2.45) is 0 Å². The van der Waals surface area contributed by atoms with E-state index in [-0.39, 0.29) is 30.0 Å². The average Bonchev–Trinajstić information content (AvgIpc) is 3.18. The first-order chi connectivity index (χ1) is 11.9. The molecule has 0 saturated carbocycles. The van der Waals surface area contributed by atoms with Gasteiger partial charge in [0.25, 0.3) is 0 Å². The van der Waals surface area contributed by atoms with Crippen molar-refractivity contribution in [3.8, 4) is 0 Å². The van der Waals surface area contributed by atoms with Gasteiger partial charge in [-0.05, 0) is 65.4 Å². The maximum absolute atomic E-state index is 12.4. The van der Waals surface area contributed by atoms with E-state index < -0.39 is 9.84 Å². The standard InChI is InChI=1S/C17H19IN2O4S/c18-13-3-5-14(6-4-13)19-17(21)11-20(10-16-2-1-8-24-16)15-7-9-25(22,23)12-15/h1-6,8,15H,7,9-12H2,(H,19,21). The lowest BCUT2D eigenvalue weighted by atomic mass is 10.2. The number of sulfone groups is 1. The molecule has 1 unspecified atom stereocenters. The predicted octanol–water partition coefficient (Wildman–Crippen LogP) is 2.51. The van der Waals surface area contributed by atoms with Gasteiger partial charge in [0.15, 0.2) is 9.84 Å². The van der Waals surface area contributed by atoms with Crippen molar-refractivity contribution in [2.75, 3.05) is 23.4 Å². The Kier molecular flexibility index (Phi) is 5.80. The van der Waals surface area contributed by atoms with Crippen molar-refractivity contribution in [3.63, 3.8) is 0 Å². The Labute approximate surface area is 160 Å². The van der Waals surface area contributed by atoms with Gasteiger partial charge in [-0.25, -0.2) is 8.42 Å². The number of benzene rings is 1. The van der Waals surface area contributed by atoms with E-state index in [4.69, 9.17) is 4.42 Å². The third-order valence-corrected chi connectivity index (χ3v) is 6.61. The highest BCUT2D eigenvalue weighted by atomic mass is 127. The molecule has 8 heteroatoms. The van der Waals surface area contributed by atoms with Crippen LogP contribution in [0.25, 0.3) is 0 Å².